The number of nitrogens with one attached hydrogen (secondary N) is 4. The number of methoxy groups -OCH3 is 1. The Morgan fingerprint density at radius 3 is 2.74 bits per heavy atom. The molecule has 0 bridgehead atoms. The standard InChI is InChI=1S/C22H28ClN7O8S/c1-3-38-21-16(7-5-11-29(21)22(24)26-30(33)34)25-19(31)13-28-10-4-6-15(20(28)32)27-39(35,36)18-12-14(23)8-9-17(18)37-2/h4,6,8-10,12,16,21,27H,3,5,7,11,13H2,1-2H3,(H2,24,26)(H,25,31). The van der Waals surface area contributed by atoms with Crippen LogP contribution in [0.5, 0.6) is 5.75 Å². The molecule has 15 nitrogen and oxygen atoms in total. The highest BCUT2D eigenvalue weighted by atomic mass is 35.5. The second kappa shape index (κ2) is 12.8. The fourth-order valence-electron chi connectivity index (χ4n) is 4.09. The number of rotatable bonds is 10. The molecule has 1 aliphatic heterocycles. The Balaban J connectivity index is 1.76. The van der Waals surface area contributed by atoms with Crippen LogP contribution in [0.4, 0.5) is 5.69 Å². The van der Waals surface area contributed by atoms with Gasteiger partial charge < -0.3 is 24.3 Å². The molecule has 2 unspecified atom stereocenters. The van der Waals surface area contributed by atoms with Gasteiger partial charge in [-0.25, -0.2) is 18.5 Å². The Morgan fingerprint density at radius 2 is 2.08 bits per heavy atom. The van der Waals surface area contributed by atoms with Gasteiger partial charge in [0.05, 0.1) is 13.2 Å². The van der Waals surface area contributed by atoms with Crippen molar-refractivity contribution in [2.75, 3.05) is 25.0 Å². The van der Waals surface area contributed by atoms with Gasteiger partial charge in [0.25, 0.3) is 21.5 Å². The summed E-state index contributed by atoms with van der Waals surface area (Å²) in [6, 6.07) is 6.04. The second-order valence-corrected chi connectivity index (χ2v) is 10.4. The number of carbonyl (C=O) groups excluding carboxylic acids is 1. The van der Waals surface area contributed by atoms with Crippen LogP contribution in [0.3, 0.4) is 0 Å². The van der Waals surface area contributed by atoms with Crippen LogP contribution in [0, 0.1) is 15.5 Å². The highest BCUT2D eigenvalue weighted by Gasteiger charge is 2.36. The summed E-state index contributed by atoms with van der Waals surface area (Å²) in [7, 11) is -2.98. The number of hydrazine groups is 1. The number of sulfonamides is 1. The van der Waals surface area contributed by atoms with Gasteiger partial charge in [0.1, 0.15) is 22.9 Å². The number of ether oxygens (including phenoxy) is 2. The monoisotopic (exact) mass is 585 g/mol. The fraction of sp³-hybridized carbons (Fsp3) is 0.409. The predicted octanol–water partition coefficient (Wildman–Crippen LogP) is 0.970. The van der Waals surface area contributed by atoms with Crippen LogP contribution in [-0.2, 0) is 26.1 Å². The third-order valence-corrected chi connectivity index (χ3v) is 7.35. The average molecular weight is 586 g/mol. The molecule has 1 aromatic carbocycles. The van der Waals surface area contributed by atoms with Gasteiger partial charge in [-0.2, -0.15) is 0 Å². The minimum atomic E-state index is -4.27. The van der Waals surface area contributed by atoms with Crippen molar-refractivity contribution in [2.24, 2.45) is 0 Å². The molecule has 0 aliphatic carbocycles. The van der Waals surface area contributed by atoms with Crippen molar-refractivity contribution in [3.05, 3.63) is 62.0 Å². The van der Waals surface area contributed by atoms with Gasteiger partial charge in [-0.3, -0.25) is 19.7 Å². The number of carbonyl (C=O) groups is 1. The maximum Gasteiger partial charge on any atom is 0.275 e. The van der Waals surface area contributed by atoms with Crippen LogP contribution >= 0.6 is 11.6 Å². The zero-order chi connectivity index (χ0) is 28.7. The van der Waals surface area contributed by atoms with Crippen molar-refractivity contribution in [2.45, 2.75) is 43.5 Å². The number of benzene rings is 1. The lowest BCUT2D eigenvalue weighted by Gasteiger charge is -2.41. The van der Waals surface area contributed by atoms with Crippen molar-refractivity contribution in [1.29, 1.82) is 5.41 Å². The Kier molecular flexibility index (Phi) is 9.71. The molecule has 212 valence electrons. The molecule has 1 amide bonds. The molecule has 1 aromatic heterocycles. The van der Waals surface area contributed by atoms with E-state index >= 15 is 0 Å². The number of nitrogens with zero attached hydrogens (tertiary/aromatic N) is 3. The molecule has 17 heteroatoms. The van der Waals surface area contributed by atoms with E-state index in [-0.39, 0.29) is 28.0 Å². The number of nitro groups is 1. The first kappa shape index (κ1) is 29.7. The Labute approximate surface area is 228 Å². The summed E-state index contributed by atoms with van der Waals surface area (Å²) in [5.41, 5.74) is 0.711. The molecule has 0 spiro atoms. The highest BCUT2D eigenvalue weighted by Crippen LogP contribution is 2.28. The Morgan fingerprint density at radius 1 is 1.33 bits per heavy atom. The zero-order valence-corrected chi connectivity index (χ0v) is 22.6. The van der Waals surface area contributed by atoms with Crippen LogP contribution in [-0.4, -0.2) is 67.3 Å². The number of anilines is 1. The van der Waals surface area contributed by atoms with E-state index in [0.717, 1.165) is 4.57 Å². The fourth-order valence-corrected chi connectivity index (χ4v) is 5.58. The minimum Gasteiger partial charge on any atom is -0.495 e. The third kappa shape index (κ3) is 7.36. The highest BCUT2D eigenvalue weighted by molar-refractivity contribution is 7.92. The molecule has 4 N–H and O–H groups in total. The van der Waals surface area contributed by atoms with Gasteiger partial charge in [-0.1, -0.05) is 17.0 Å². The van der Waals surface area contributed by atoms with E-state index in [1.807, 2.05) is 0 Å². The minimum absolute atomic E-state index is 0.0226. The summed E-state index contributed by atoms with van der Waals surface area (Å²) in [5.74, 6) is -1.04. The van der Waals surface area contributed by atoms with Crippen LogP contribution in [0.2, 0.25) is 5.02 Å². The summed E-state index contributed by atoms with van der Waals surface area (Å²) in [5, 5.41) is 20.8. The van der Waals surface area contributed by atoms with E-state index in [9.17, 15) is 28.1 Å². The summed E-state index contributed by atoms with van der Waals surface area (Å²) >= 11 is 5.94. The number of amides is 1. The molecule has 3 rings (SSSR count). The van der Waals surface area contributed by atoms with Crippen molar-refractivity contribution in [3.8, 4) is 5.75 Å². The first-order valence-corrected chi connectivity index (χ1v) is 13.6. The zero-order valence-electron chi connectivity index (χ0n) is 21.0. The quantitative estimate of drug-likeness (QED) is 0.135. The molecule has 1 saturated heterocycles. The molecule has 2 heterocycles. The van der Waals surface area contributed by atoms with Crippen molar-refractivity contribution >= 4 is 39.2 Å². The van der Waals surface area contributed by atoms with E-state index in [0.29, 0.717) is 19.4 Å². The van der Waals surface area contributed by atoms with Crippen LogP contribution < -0.4 is 25.8 Å². The average Bonchev–Trinajstić information content (AvgIpc) is 2.87. The number of aromatic nitrogens is 1. The first-order chi connectivity index (χ1) is 18.5. The van der Waals surface area contributed by atoms with Gasteiger partial charge >= 0.3 is 0 Å². The van der Waals surface area contributed by atoms with E-state index in [4.69, 9.17) is 26.5 Å². The largest absolute Gasteiger partial charge is 0.495 e. The number of likely N-dealkylation sites (tertiary alicyclic amines) is 1. The Hall–Kier alpha value is -3.89. The van der Waals surface area contributed by atoms with Crippen molar-refractivity contribution in [1.82, 2.24) is 20.2 Å². The molecule has 1 aliphatic rings. The van der Waals surface area contributed by atoms with Crippen LogP contribution in [0.25, 0.3) is 0 Å². The molecule has 0 radical (unpaired) electrons. The van der Waals surface area contributed by atoms with Crippen molar-refractivity contribution in [3.63, 3.8) is 0 Å². The molecule has 2 atom stereocenters. The van der Waals surface area contributed by atoms with Gasteiger partial charge in [0, 0.05) is 24.4 Å². The first-order valence-electron chi connectivity index (χ1n) is 11.7. The summed E-state index contributed by atoms with van der Waals surface area (Å²) in [6.45, 7) is 1.78. The number of halogens is 1. The van der Waals surface area contributed by atoms with Crippen LogP contribution in [0.15, 0.2) is 46.2 Å². The molecular formula is C22H28ClN7O8S. The van der Waals surface area contributed by atoms with Gasteiger partial charge in [-0.05, 0) is 50.1 Å². The molecular weight excluding hydrogens is 558 g/mol. The summed E-state index contributed by atoms with van der Waals surface area (Å²) in [6.07, 6.45) is 1.45. The predicted molar refractivity (Wildman–Crippen MR) is 141 cm³/mol. The summed E-state index contributed by atoms with van der Waals surface area (Å²) in [4.78, 5) is 37.7. The van der Waals surface area contributed by atoms with Gasteiger partial charge in [-0.15, -0.1) is 0 Å². The number of hydrogen-bond acceptors (Lipinski definition) is 9. The lowest BCUT2D eigenvalue weighted by molar-refractivity contribution is -0.527. The second-order valence-electron chi connectivity index (χ2n) is 8.33. The van der Waals surface area contributed by atoms with Gasteiger partial charge in [0.15, 0.2) is 11.3 Å². The number of guanidine groups is 1. The molecule has 2 aromatic rings. The Bertz CT molecular complexity index is 1400. The number of hydrogen-bond donors (Lipinski definition) is 4. The third-order valence-electron chi connectivity index (χ3n) is 5.73. The normalized spacial score (nSPS) is 17.3. The maximum absolute atomic E-state index is 13.0. The van der Waals surface area contributed by atoms with E-state index in [1.165, 1.54) is 48.5 Å². The maximum atomic E-state index is 13.0. The SMILES string of the molecule is CCOC1C(NC(=O)Cn2cccc(NS(=O)(=O)c3cc(Cl)ccc3OC)c2=O)CCCN1C(=N)N[N+](=O)[O-]. The van der Waals surface area contributed by atoms with E-state index < -0.39 is 51.3 Å². The van der Waals surface area contributed by atoms with Gasteiger partial charge in [0.2, 0.25) is 5.91 Å². The smallest absolute Gasteiger partial charge is 0.275 e. The van der Waals surface area contributed by atoms with Crippen molar-refractivity contribution < 1.29 is 27.7 Å². The van der Waals surface area contributed by atoms with E-state index in [2.05, 4.69) is 10.0 Å². The summed E-state index contributed by atoms with van der Waals surface area (Å²) < 4.78 is 39.9. The lowest BCUT2D eigenvalue weighted by atomic mass is 10.0. The van der Waals surface area contributed by atoms with Crippen LogP contribution in [0.1, 0.15) is 19.8 Å². The number of pyridine rings is 1. The lowest BCUT2D eigenvalue weighted by Crippen LogP contribution is -2.61. The topological polar surface area (TPSA) is 198 Å². The number of piperidine rings is 1. The van der Waals surface area contributed by atoms with E-state index in [1.54, 1.807) is 12.3 Å². The molecule has 1 fully saturated rings. The molecule has 0 saturated carbocycles. The molecule has 39 heavy (non-hydrogen) atoms.